The Morgan fingerprint density at radius 2 is 2.00 bits per heavy atom. The zero-order valence-corrected chi connectivity index (χ0v) is 8.99. The van der Waals surface area contributed by atoms with Crippen molar-refractivity contribution in [3.8, 4) is 0 Å². The number of rotatable bonds is 2. The zero-order chi connectivity index (χ0) is 10.6. The topological polar surface area (TPSA) is 24.7 Å². The van der Waals surface area contributed by atoms with E-state index >= 15 is 0 Å². The van der Waals surface area contributed by atoms with Crippen molar-refractivity contribution in [3.63, 3.8) is 0 Å². The first-order valence-corrected chi connectivity index (χ1v) is 4.67. The second kappa shape index (κ2) is 4.18. The van der Waals surface area contributed by atoms with E-state index in [0.717, 1.165) is 11.3 Å². The highest BCUT2D eigenvalue weighted by atomic mass is 15.1. The molecule has 0 spiro atoms. The quantitative estimate of drug-likeness (QED) is 0.621. The number of hydrogen-bond donors (Lipinski definition) is 0. The highest BCUT2D eigenvalue weighted by Crippen LogP contribution is 2.18. The van der Waals surface area contributed by atoms with E-state index in [1.54, 1.807) is 6.08 Å². The molecule has 0 aliphatic rings. The average molecular weight is 188 g/mol. The van der Waals surface area contributed by atoms with Gasteiger partial charge in [0.1, 0.15) is 0 Å². The van der Waals surface area contributed by atoms with Crippen molar-refractivity contribution in [1.82, 2.24) is 0 Å². The van der Waals surface area contributed by atoms with E-state index in [0.29, 0.717) is 0 Å². The van der Waals surface area contributed by atoms with Crippen LogP contribution in [0.3, 0.4) is 0 Å². The molecule has 0 amide bonds. The third-order valence-corrected chi connectivity index (χ3v) is 1.57. The smallest absolute Gasteiger partial charge is 0.0858 e. The molecule has 0 heterocycles. The predicted octanol–water partition coefficient (Wildman–Crippen LogP) is 4.21. The Morgan fingerprint density at radius 1 is 1.29 bits per heavy atom. The van der Waals surface area contributed by atoms with Crippen LogP contribution in [0.1, 0.15) is 26.3 Å². The lowest BCUT2D eigenvalue weighted by molar-refractivity contribution is 0.552. The Morgan fingerprint density at radius 3 is 2.57 bits per heavy atom. The molecular formula is C12H16N2. The average Bonchev–Trinajstić information content (AvgIpc) is 2.14. The van der Waals surface area contributed by atoms with Crippen LogP contribution in [0.2, 0.25) is 0 Å². The first kappa shape index (κ1) is 10.6. The third kappa shape index (κ3) is 3.52. The van der Waals surface area contributed by atoms with Gasteiger partial charge in [-0.25, -0.2) is 0 Å². The van der Waals surface area contributed by atoms with Gasteiger partial charge in [-0.2, -0.15) is 10.2 Å². The van der Waals surface area contributed by atoms with Gasteiger partial charge in [-0.3, -0.25) is 0 Å². The van der Waals surface area contributed by atoms with Gasteiger partial charge in [0, 0.05) is 0 Å². The molecule has 0 aliphatic heterocycles. The van der Waals surface area contributed by atoms with Crippen LogP contribution in [0.4, 0.5) is 5.69 Å². The lowest BCUT2D eigenvalue weighted by atomic mass is 10.1. The minimum absolute atomic E-state index is 0.121. The molecule has 0 atom stereocenters. The van der Waals surface area contributed by atoms with E-state index in [4.69, 9.17) is 0 Å². The van der Waals surface area contributed by atoms with Crippen LogP contribution in [-0.2, 0) is 0 Å². The molecule has 0 saturated carbocycles. The highest BCUT2D eigenvalue weighted by Gasteiger charge is 2.06. The maximum Gasteiger partial charge on any atom is 0.0858 e. The van der Waals surface area contributed by atoms with Crippen LogP contribution >= 0.6 is 0 Å². The first-order valence-electron chi connectivity index (χ1n) is 4.67. The van der Waals surface area contributed by atoms with Crippen LogP contribution in [0.15, 0.2) is 41.1 Å². The van der Waals surface area contributed by atoms with Crippen molar-refractivity contribution in [1.29, 1.82) is 0 Å². The fourth-order valence-corrected chi connectivity index (χ4v) is 0.922. The minimum atomic E-state index is -0.121. The lowest BCUT2D eigenvalue weighted by Gasteiger charge is -2.08. The monoisotopic (exact) mass is 188 g/mol. The van der Waals surface area contributed by atoms with Crippen LogP contribution in [0.25, 0.3) is 6.08 Å². The summed E-state index contributed by atoms with van der Waals surface area (Å²) in [5, 5.41) is 8.36. The van der Waals surface area contributed by atoms with Gasteiger partial charge >= 0.3 is 0 Å². The molecule has 2 heteroatoms. The Labute approximate surface area is 85.4 Å². The second-order valence-electron chi connectivity index (χ2n) is 4.17. The maximum atomic E-state index is 4.19. The van der Waals surface area contributed by atoms with E-state index < -0.39 is 0 Å². The number of nitrogens with zero attached hydrogens (tertiary/aromatic N) is 2. The van der Waals surface area contributed by atoms with Gasteiger partial charge in [-0.05, 0) is 38.5 Å². The summed E-state index contributed by atoms with van der Waals surface area (Å²) in [6.45, 7) is 9.77. The van der Waals surface area contributed by atoms with Crippen molar-refractivity contribution in [3.05, 3.63) is 36.4 Å². The number of benzene rings is 1. The van der Waals surface area contributed by atoms with Gasteiger partial charge in [0.25, 0.3) is 0 Å². The van der Waals surface area contributed by atoms with Crippen LogP contribution in [-0.4, -0.2) is 5.54 Å². The summed E-state index contributed by atoms with van der Waals surface area (Å²) in [5.74, 6) is 0. The van der Waals surface area contributed by atoms with E-state index in [2.05, 4.69) is 16.8 Å². The van der Waals surface area contributed by atoms with E-state index in [1.165, 1.54) is 0 Å². The fourth-order valence-electron chi connectivity index (χ4n) is 0.922. The normalized spacial score (nSPS) is 11.9. The molecule has 1 aromatic carbocycles. The summed E-state index contributed by atoms with van der Waals surface area (Å²) < 4.78 is 0. The summed E-state index contributed by atoms with van der Waals surface area (Å²) in [4.78, 5) is 0. The van der Waals surface area contributed by atoms with Gasteiger partial charge in [0.15, 0.2) is 0 Å². The van der Waals surface area contributed by atoms with Gasteiger partial charge in [-0.15, -0.1) is 0 Å². The molecule has 74 valence electrons. The Hall–Kier alpha value is -1.44. The fraction of sp³-hybridized carbons (Fsp3) is 0.333. The third-order valence-electron chi connectivity index (χ3n) is 1.57. The molecule has 0 saturated heterocycles. The molecule has 1 rings (SSSR count). The van der Waals surface area contributed by atoms with Crippen LogP contribution < -0.4 is 0 Å². The molecule has 0 unspecified atom stereocenters. The molecule has 0 aromatic heterocycles. The second-order valence-corrected chi connectivity index (χ2v) is 4.17. The molecule has 0 N–H and O–H groups in total. The summed E-state index contributed by atoms with van der Waals surface area (Å²) in [7, 11) is 0. The molecule has 0 bridgehead atoms. The standard InChI is InChI=1S/C12H16N2/c1-5-10-7-6-8-11(9-10)13-14-12(2,3)4/h5-9H,1H2,2-4H3. The summed E-state index contributed by atoms with van der Waals surface area (Å²) >= 11 is 0. The molecule has 0 aliphatic carbocycles. The number of hydrogen-bond acceptors (Lipinski definition) is 2. The zero-order valence-electron chi connectivity index (χ0n) is 8.99. The van der Waals surface area contributed by atoms with E-state index in [-0.39, 0.29) is 5.54 Å². The molecule has 1 aromatic rings. The van der Waals surface area contributed by atoms with Gasteiger partial charge in [0.2, 0.25) is 0 Å². The van der Waals surface area contributed by atoms with Crippen LogP contribution in [0.5, 0.6) is 0 Å². The molecular weight excluding hydrogens is 172 g/mol. The number of azo groups is 1. The Kier molecular flexibility index (Phi) is 3.18. The van der Waals surface area contributed by atoms with Gasteiger partial charge in [-0.1, -0.05) is 24.8 Å². The van der Waals surface area contributed by atoms with Gasteiger partial charge in [0.05, 0.1) is 11.2 Å². The van der Waals surface area contributed by atoms with Crippen molar-refractivity contribution in [2.45, 2.75) is 26.3 Å². The van der Waals surface area contributed by atoms with Crippen LogP contribution in [0, 0.1) is 0 Å². The molecule has 0 fully saturated rings. The Balaban J connectivity index is 2.87. The Bertz CT molecular complexity index is 346. The molecule has 2 nitrogen and oxygen atoms in total. The molecule has 14 heavy (non-hydrogen) atoms. The SMILES string of the molecule is C=Cc1cccc(N=NC(C)(C)C)c1. The largest absolute Gasteiger partial charge is 0.183 e. The van der Waals surface area contributed by atoms with E-state index in [9.17, 15) is 0 Å². The first-order chi connectivity index (χ1) is 6.51. The lowest BCUT2D eigenvalue weighted by Crippen LogP contribution is -2.07. The van der Waals surface area contributed by atoms with E-state index in [1.807, 2.05) is 45.0 Å². The van der Waals surface area contributed by atoms with Crippen molar-refractivity contribution < 1.29 is 0 Å². The summed E-state index contributed by atoms with van der Waals surface area (Å²) in [5.41, 5.74) is 1.82. The predicted molar refractivity (Wildman–Crippen MR) is 60.8 cm³/mol. The van der Waals surface area contributed by atoms with Crippen molar-refractivity contribution in [2.75, 3.05) is 0 Å². The highest BCUT2D eigenvalue weighted by molar-refractivity contribution is 5.53. The molecule has 0 radical (unpaired) electrons. The van der Waals surface area contributed by atoms with Crippen molar-refractivity contribution in [2.24, 2.45) is 10.2 Å². The summed E-state index contributed by atoms with van der Waals surface area (Å²) in [6, 6.07) is 7.83. The maximum absolute atomic E-state index is 4.19. The minimum Gasteiger partial charge on any atom is -0.183 e. The summed E-state index contributed by atoms with van der Waals surface area (Å²) in [6.07, 6.45) is 1.80. The van der Waals surface area contributed by atoms with Gasteiger partial charge < -0.3 is 0 Å². The van der Waals surface area contributed by atoms with Crippen molar-refractivity contribution >= 4 is 11.8 Å².